The van der Waals surface area contributed by atoms with E-state index in [-0.39, 0.29) is 17.1 Å². The Morgan fingerprint density at radius 1 is 1.21 bits per heavy atom. The number of imidazole rings is 1. The molecule has 1 aliphatic rings. The molecule has 0 fully saturated rings. The molecule has 1 aliphatic heterocycles. The van der Waals surface area contributed by atoms with Crippen LogP contribution in [0.25, 0.3) is 5.69 Å². The summed E-state index contributed by atoms with van der Waals surface area (Å²) in [4.78, 5) is 20.4. The second-order valence-electron chi connectivity index (χ2n) is 5.74. The quantitative estimate of drug-likeness (QED) is 0.632. The summed E-state index contributed by atoms with van der Waals surface area (Å²) >= 11 is 0.968. The summed E-state index contributed by atoms with van der Waals surface area (Å²) in [6, 6.07) is 2.66. The molecule has 1 amide bonds. The summed E-state index contributed by atoms with van der Waals surface area (Å²) in [5.74, 6) is -1.19. The summed E-state index contributed by atoms with van der Waals surface area (Å²) in [6.45, 7) is -0.367. The third-order valence-electron chi connectivity index (χ3n) is 3.79. The number of carbonyl (C=O) groups excluding carboxylic acids is 1. The predicted octanol–water partition coefficient (Wildman–Crippen LogP) is 2.75. The van der Waals surface area contributed by atoms with Gasteiger partial charge in [-0.3, -0.25) is 9.13 Å². The van der Waals surface area contributed by atoms with Crippen LogP contribution in [0.2, 0.25) is 0 Å². The molecule has 3 aromatic rings. The van der Waals surface area contributed by atoms with Crippen LogP contribution in [-0.2, 0) is 6.61 Å². The number of thiazole rings is 1. The van der Waals surface area contributed by atoms with Crippen molar-refractivity contribution >= 4 is 17.4 Å². The highest BCUT2D eigenvalue weighted by molar-refractivity contribution is 7.09. The van der Waals surface area contributed by atoms with E-state index < -0.39 is 29.7 Å². The van der Waals surface area contributed by atoms with Gasteiger partial charge < -0.3 is 14.6 Å². The van der Waals surface area contributed by atoms with Crippen LogP contribution in [0.1, 0.15) is 4.88 Å². The van der Waals surface area contributed by atoms with E-state index in [0.717, 1.165) is 28.0 Å². The van der Waals surface area contributed by atoms with Crippen LogP contribution >= 0.6 is 11.3 Å². The monoisotopic (exact) mass is 430 g/mol. The second-order valence-corrected chi connectivity index (χ2v) is 6.83. The van der Waals surface area contributed by atoms with E-state index >= 15 is 0 Å². The number of halogens is 4. The topological polar surface area (TPSA) is 90.9 Å². The summed E-state index contributed by atoms with van der Waals surface area (Å²) in [5.41, 5.74) is 0.168. The van der Waals surface area contributed by atoms with Crippen molar-refractivity contribution in [1.82, 2.24) is 14.1 Å². The molecule has 2 aromatic heterocycles. The van der Waals surface area contributed by atoms with Gasteiger partial charge in [-0.2, -0.15) is 22.6 Å². The van der Waals surface area contributed by atoms with Gasteiger partial charge in [0, 0.05) is 24.7 Å². The van der Waals surface area contributed by atoms with Crippen LogP contribution in [0.4, 0.5) is 22.4 Å². The standard InChI is InChI=1S/C16H10F4N4O4S/c17-15(18)16(19,20)28-12-5-9(1-2-11(12)27-15)24-6-10(7-25)29-14(24)22-13(26)23-4-3-21-8-23/h1-6,8,25H,7H2. The first-order chi connectivity index (χ1) is 13.7. The van der Waals surface area contributed by atoms with Gasteiger partial charge in [-0.1, -0.05) is 11.3 Å². The minimum atomic E-state index is -4.86. The summed E-state index contributed by atoms with van der Waals surface area (Å²) in [5, 5.41) is 9.39. The van der Waals surface area contributed by atoms with Crippen LogP contribution < -0.4 is 14.3 Å². The average Bonchev–Trinajstić information content (AvgIpc) is 3.31. The first-order valence-electron chi connectivity index (χ1n) is 7.87. The molecule has 1 aromatic carbocycles. The van der Waals surface area contributed by atoms with Gasteiger partial charge >= 0.3 is 18.2 Å². The Kier molecular flexibility index (Phi) is 4.42. The van der Waals surface area contributed by atoms with E-state index in [1.54, 1.807) is 0 Å². The van der Waals surface area contributed by atoms with Crippen molar-refractivity contribution in [3.8, 4) is 17.2 Å². The maximum Gasteiger partial charge on any atom is 0.507 e. The molecule has 0 spiro atoms. The molecule has 29 heavy (non-hydrogen) atoms. The van der Waals surface area contributed by atoms with Crippen molar-refractivity contribution in [2.45, 2.75) is 18.8 Å². The number of amides is 1. The maximum atomic E-state index is 13.5. The molecular weight excluding hydrogens is 420 g/mol. The zero-order valence-corrected chi connectivity index (χ0v) is 14.9. The smallest absolute Gasteiger partial charge is 0.421 e. The largest absolute Gasteiger partial charge is 0.507 e. The van der Waals surface area contributed by atoms with Gasteiger partial charge in [0.1, 0.15) is 6.33 Å². The highest BCUT2D eigenvalue weighted by Crippen LogP contribution is 2.47. The van der Waals surface area contributed by atoms with Crippen molar-refractivity contribution in [2.75, 3.05) is 0 Å². The van der Waals surface area contributed by atoms with E-state index in [2.05, 4.69) is 19.5 Å². The lowest BCUT2D eigenvalue weighted by Crippen LogP contribution is -2.52. The Morgan fingerprint density at radius 2 is 1.93 bits per heavy atom. The number of ether oxygens (including phenoxy) is 2. The number of aliphatic hydroxyl groups is 1. The van der Waals surface area contributed by atoms with Crippen molar-refractivity contribution in [2.24, 2.45) is 4.99 Å². The fourth-order valence-electron chi connectivity index (χ4n) is 2.44. The molecule has 0 aliphatic carbocycles. The molecule has 0 radical (unpaired) electrons. The van der Waals surface area contributed by atoms with Gasteiger partial charge in [0.25, 0.3) is 0 Å². The normalized spacial score (nSPS) is 17.3. The van der Waals surface area contributed by atoms with Gasteiger partial charge in [0.05, 0.1) is 17.2 Å². The lowest BCUT2D eigenvalue weighted by molar-refractivity contribution is -0.391. The Hall–Kier alpha value is -3.19. The number of carbonyl (C=O) groups is 1. The van der Waals surface area contributed by atoms with Crippen LogP contribution in [0.5, 0.6) is 11.5 Å². The average molecular weight is 430 g/mol. The highest BCUT2D eigenvalue weighted by Gasteiger charge is 2.65. The maximum absolute atomic E-state index is 13.5. The highest BCUT2D eigenvalue weighted by atomic mass is 32.1. The number of alkyl halides is 4. The fraction of sp³-hybridized carbons (Fsp3) is 0.188. The predicted molar refractivity (Wildman–Crippen MR) is 89.3 cm³/mol. The van der Waals surface area contributed by atoms with Gasteiger partial charge in [0.2, 0.25) is 0 Å². The number of nitrogens with zero attached hydrogens (tertiary/aromatic N) is 4. The molecule has 13 heteroatoms. The number of rotatable bonds is 2. The third-order valence-corrected chi connectivity index (χ3v) is 4.76. The minimum absolute atomic E-state index is 0.0986. The van der Waals surface area contributed by atoms with Crippen molar-refractivity contribution in [3.63, 3.8) is 0 Å². The van der Waals surface area contributed by atoms with E-state index in [0.29, 0.717) is 4.88 Å². The molecule has 3 heterocycles. The van der Waals surface area contributed by atoms with Crippen LogP contribution in [0.15, 0.2) is 48.1 Å². The molecule has 4 rings (SSSR count). The number of fused-ring (bicyclic) bond motifs is 1. The van der Waals surface area contributed by atoms with Gasteiger partial charge in [-0.05, 0) is 12.1 Å². The Morgan fingerprint density at radius 3 is 2.59 bits per heavy atom. The van der Waals surface area contributed by atoms with Crippen molar-refractivity contribution < 1.29 is 36.9 Å². The first-order valence-corrected chi connectivity index (χ1v) is 8.69. The molecule has 0 bridgehead atoms. The Labute approximate surface area is 162 Å². The van der Waals surface area contributed by atoms with Crippen LogP contribution in [0.3, 0.4) is 0 Å². The molecule has 1 N–H and O–H groups in total. The summed E-state index contributed by atoms with van der Waals surface area (Å²) < 4.78 is 64.1. The zero-order chi connectivity index (χ0) is 20.8. The molecule has 0 atom stereocenters. The summed E-state index contributed by atoms with van der Waals surface area (Å²) in [6.07, 6.45) is -4.27. The van der Waals surface area contributed by atoms with Crippen molar-refractivity contribution in [1.29, 1.82) is 0 Å². The molecule has 0 saturated carbocycles. The van der Waals surface area contributed by atoms with E-state index in [1.165, 1.54) is 35.6 Å². The number of aromatic nitrogens is 3. The number of benzene rings is 1. The molecular formula is C16H10F4N4O4S. The van der Waals surface area contributed by atoms with E-state index in [9.17, 15) is 27.5 Å². The molecule has 8 nitrogen and oxygen atoms in total. The van der Waals surface area contributed by atoms with Crippen molar-refractivity contribution in [3.05, 3.63) is 52.8 Å². The number of hydrogen-bond donors (Lipinski definition) is 1. The number of hydrogen-bond acceptors (Lipinski definition) is 6. The molecule has 0 unspecified atom stereocenters. The van der Waals surface area contributed by atoms with Gasteiger partial charge in [-0.15, -0.1) is 0 Å². The second kappa shape index (κ2) is 6.70. The molecule has 152 valence electrons. The van der Waals surface area contributed by atoms with E-state index in [1.807, 2.05) is 0 Å². The summed E-state index contributed by atoms with van der Waals surface area (Å²) in [7, 11) is 0. The number of aliphatic hydroxyl groups excluding tert-OH is 1. The third kappa shape index (κ3) is 3.38. The Balaban J connectivity index is 1.79. The Bertz CT molecular complexity index is 1140. The van der Waals surface area contributed by atoms with Gasteiger partial charge in [0.15, 0.2) is 16.3 Å². The fourth-order valence-corrected chi connectivity index (χ4v) is 3.28. The zero-order valence-electron chi connectivity index (χ0n) is 14.1. The lowest BCUT2D eigenvalue weighted by Gasteiger charge is -2.31. The lowest BCUT2D eigenvalue weighted by atomic mass is 10.2. The SMILES string of the molecule is O=C(N=c1sc(CO)cn1-c1ccc2c(c1)OC(F)(F)C(F)(F)O2)n1ccnc1. The van der Waals surface area contributed by atoms with Crippen LogP contribution in [-0.4, -0.2) is 37.5 Å². The van der Waals surface area contributed by atoms with Crippen LogP contribution in [0, 0.1) is 0 Å². The first kappa shape index (κ1) is 19.1. The van der Waals surface area contributed by atoms with Gasteiger partial charge in [-0.25, -0.2) is 9.78 Å². The minimum Gasteiger partial charge on any atom is -0.421 e. The van der Waals surface area contributed by atoms with E-state index in [4.69, 9.17) is 0 Å². The molecule has 0 saturated heterocycles.